The lowest BCUT2D eigenvalue weighted by atomic mass is 10.0. The Morgan fingerprint density at radius 1 is 1.15 bits per heavy atom. The Morgan fingerprint density at radius 3 is 2.81 bits per heavy atom. The molecule has 0 saturated carbocycles. The van der Waals surface area contributed by atoms with Crippen LogP contribution in [0.3, 0.4) is 0 Å². The first-order valence-electron chi connectivity index (χ1n) is 7.96. The molecule has 4 rings (SSSR count). The molecule has 2 N–H and O–H groups in total. The van der Waals surface area contributed by atoms with Crippen LogP contribution in [0.25, 0.3) is 11.0 Å². The second kappa shape index (κ2) is 6.11. The van der Waals surface area contributed by atoms with Crippen molar-refractivity contribution >= 4 is 22.6 Å². The third-order valence-corrected chi connectivity index (χ3v) is 4.26. The van der Waals surface area contributed by atoms with E-state index in [1.807, 2.05) is 0 Å². The number of aromatic hydroxyl groups is 1. The number of hydrogen-bond acceptors (Lipinski definition) is 6. The minimum Gasteiger partial charge on any atom is -0.508 e. The first-order valence-corrected chi connectivity index (χ1v) is 7.96. The molecule has 0 aliphatic carbocycles. The molecule has 0 atom stereocenters. The van der Waals surface area contributed by atoms with Crippen LogP contribution in [0.15, 0.2) is 45.6 Å². The average Bonchev–Trinajstić information content (AvgIpc) is 3.06. The van der Waals surface area contributed by atoms with E-state index in [9.17, 15) is 14.7 Å². The number of carbonyl (C=O) groups is 1. The molecule has 0 fully saturated rings. The summed E-state index contributed by atoms with van der Waals surface area (Å²) >= 11 is 0. The van der Waals surface area contributed by atoms with Crippen molar-refractivity contribution in [3.05, 3.63) is 57.9 Å². The van der Waals surface area contributed by atoms with Gasteiger partial charge < -0.3 is 24.3 Å². The normalized spacial score (nSPS) is 12.3. The highest BCUT2D eigenvalue weighted by Gasteiger charge is 2.17. The zero-order valence-corrected chi connectivity index (χ0v) is 13.9. The van der Waals surface area contributed by atoms with Crippen LogP contribution >= 0.6 is 0 Å². The van der Waals surface area contributed by atoms with E-state index in [-0.39, 0.29) is 36.0 Å². The third-order valence-electron chi connectivity index (χ3n) is 4.26. The van der Waals surface area contributed by atoms with Crippen molar-refractivity contribution < 1.29 is 23.8 Å². The summed E-state index contributed by atoms with van der Waals surface area (Å²) < 4.78 is 15.7. The molecule has 0 radical (unpaired) electrons. The second-order valence-corrected chi connectivity index (χ2v) is 5.97. The summed E-state index contributed by atoms with van der Waals surface area (Å²) in [5, 5.41) is 12.9. The molecular weight excluding hydrogens is 338 g/mol. The van der Waals surface area contributed by atoms with Gasteiger partial charge in [-0.05, 0) is 36.8 Å². The minimum atomic E-state index is -0.596. The molecule has 1 amide bonds. The molecule has 0 bridgehead atoms. The monoisotopic (exact) mass is 353 g/mol. The lowest BCUT2D eigenvalue weighted by molar-refractivity contribution is -0.115. The third kappa shape index (κ3) is 2.83. The Labute approximate surface area is 147 Å². The number of fused-ring (bicyclic) bond motifs is 2. The molecule has 3 aromatic rings. The summed E-state index contributed by atoms with van der Waals surface area (Å²) in [6.45, 7) is 1.90. The number of rotatable bonds is 3. The van der Waals surface area contributed by atoms with E-state index in [0.717, 1.165) is 0 Å². The van der Waals surface area contributed by atoms with Crippen molar-refractivity contribution in [2.75, 3.05) is 12.1 Å². The maximum absolute atomic E-state index is 12.4. The molecule has 7 nitrogen and oxygen atoms in total. The predicted octanol–water partition coefficient (Wildman–Crippen LogP) is 2.72. The van der Waals surface area contributed by atoms with Gasteiger partial charge in [0, 0.05) is 23.2 Å². The fourth-order valence-corrected chi connectivity index (χ4v) is 2.93. The lowest BCUT2D eigenvalue weighted by Crippen LogP contribution is -2.20. The fourth-order valence-electron chi connectivity index (χ4n) is 2.93. The highest BCUT2D eigenvalue weighted by Crippen LogP contribution is 2.34. The van der Waals surface area contributed by atoms with Crippen molar-refractivity contribution in [1.82, 2.24) is 0 Å². The number of amides is 1. The summed E-state index contributed by atoms with van der Waals surface area (Å²) in [5.41, 5.74) is 1.17. The van der Waals surface area contributed by atoms with Gasteiger partial charge in [0.2, 0.25) is 12.7 Å². The highest BCUT2D eigenvalue weighted by molar-refractivity contribution is 5.93. The van der Waals surface area contributed by atoms with Crippen LogP contribution in [0.2, 0.25) is 0 Å². The van der Waals surface area contributed by atoms with Crippen LogP contribution in [-0.2, 0) is 11.2 Å². The molecular formula is C19H15NO6. The Bertz CT molecular complexity index is 1090. The van der Waals surface area contributed by atoms with Crippen LogP contribution in [0.4, 0.5) is 5.69 Å². The van der Waals surface area contributed by atoms with Crippen LogP contribution < -0.4 is 20.4 Å². The van der Waals surface area contributed by atoms with Gasteiger partial charge in [-0.2, -0.15) is 0 Å². The first kappa shape index (κ1) is 16.0. The number of phenols is 1. The van der Waals surface area contributed by atoms with Crippen LogP contribution in [0.1, 0.15) is 11.1 Å². The number of aryl methyl sites for hydroxylation is 1. The Morgan fingerprint density at radius 2 is 1.96 bits per heavy atom. The number of benzene rings is 2. The van der Waals surface area contributed by atoms with Crippen LogP contribution in [0, 0.1) is 6.92 Å². The molecule has 1 aliphatic rings. The molecule has 26 heavy (non-hydrogen) atoms. The number of ether oxygens (including phenoxy) is 2. The average molecular weight is 353 g/mol. The summed E-state index contributed by atoms with van der Waals surface area (Å²) in [4.78, 5) is 24.6. The summed E-state index contributed by atoms with van der Waals surface area (Å²) in [7, 11) is 0. The van der Waals surface area contributed by atoms with Gasteiger partial charge in [0.1, 0.15) is 11.3 Å². The zero-order valence-electron chi connectivity index (χ0n) is 13.9. The molecule has 2 heterocycles. The number of phenolic OH excluding ortho intramolecular Hbond substituents is 1. The van der Waals surface area contributed by atoms with E-state index in [1.54, 1.807) is 31.2 Å². The van der Waals surface area contributed by atoms with Crippen molar-refractivity contribution in [3.63, 3.8) is 0 Å². The van der Waals surface area contributed by atoms with Gasteiger partial charge in [0.25, 0.3) is 0 Å². The van der Waals surface area contributed by atoms with Gasteiger partial charge in [-0.25, -0.2) is 4.79 Å². The zero-order chi connectivity index (χ0) is 18.3. The fraction of sp³-hybridized carbons (Fsp3) is 0.158. The van der Waals surface area contributed by atoms with Crippen LogP contribution in [-0.4, -0.2) is 17.8 Å². The number of anilines is 1. The van der Waals surface area contributed by atoms with Crippen molar-refractivity contribution in [3.8, 4) is 17.2 Å². The summed E-state index contributed by atoms with van der Waals surface area (Å²) in [5.74, 6) is 0.840. The minimum absolute atomic E-state index is 0.00773. The predicted molar refractivity (Wildman–Crippen MR) is 93.8 cm³/mol. The molecule has 1 aromatic heterocycles. The van der Waals surface area contributed by atoms with E-state index in [2.05, 4.69) is 5.32 Å². The number of nitrogens with one attached hydrogen (secondary N) is 1. The van der Waals surface area contributed by atoms with E-state index < -0.39 is 5.63 Å². The number of carbonyl (C=O) groups excluding carboxylic acids is 1. The van der Waals surface area contributed by atoms with E-state index in [0.29, 0.717) is 28.1 Å². The maximum atomic E-state index is 12.4. The molecule has 0 unspecified atom stereocenters. The summed E-state index contributed by atoms with van der Waals surface area (Å²) in [6.07, 6.45) is -0.126. The standard InChI is InChI=1S/C19H15NO6/c1-10-13-4-3-12(21)7-16(13)26-19(23)14(10)8-18(22)20-11-2-5-15-17(6-11)25-9-24-15/h2-7,21H,8-9H2,1H3,(H,20,22). The quantitative estimate of drug-likeness (QED) is 0.703. The van der Waals surface area contributed by atoms with Crippen LogP contribution in [0.5, 0.6) is 17.2 Å². The van der Waals surface area contributed by atoms with Gasteiger partial charge in [-0.15, -0.1) is 0 Å². The van der Waals surface area contributed by atoms with Gasteiger partial charge >= 0.3 is 5.63 Å². The summed E-state index contributed by atoms with van der Waals surface area (Å²) in [6, 6.07) is 9.61. The van der Waals surface area contributed by atoms with Gasteiger partial charge in [0.15, 0.2) is 11.5 Å². The van der Waals surface area contributed by atoms with Crippen molar-refractivity contribution in [1.29, 1.82) is 0 Å². The Kier molecular flexibility index (Phi) is 3.76. The van der Waals surface area contributed by atoms with Crippen molar-refractivity contribution in [2.24, 2.45) is 0 Å². The molecule has 0 saturated heterocycles. The Balaban J connectivity index is 1.59. The molecule has 132 valence electrons. The largest absolute Gasteiger partial charge is 0.508 e. The lowest BCUT2D eigenvalue weighted by Gasteiger charge is -2.09. The maximum Gasteiger partial charge on any atom is 0.340 e. The smallest absolute Gasteiger partial charge is 0.340 e. The second-order valence-electron chi connectivity index (χ2n) is 5.97. The molecule has 1 aliphatic heterocycles. The van der Waals surface area contributed by atoms with Crippen molar-refractivity contribution in [2.45, 2.75) is 13.3 Å². The molecule has 2 aromatic carbocycles. The number of hydrogen-bond donors (Lipinski definition) is 2. The SMILES string of the molecule is Cc1c(CC(=O)Nc2ccc3c(c2)OCO3)c(=O)oc2cc(O)ccc12. The van der Waals surface area contributed by atoms with E-state index in [4.69, 9.17) is 13.9 Å². The topological polar surface area (TPSA) is 98.0 Å². The van der Waals surface area contributed by atoms with Gasteiger partial charge in [0.05, 0.1) is 12.0 Å². The van der Waals surface area contributed by atoms with Gasteiger partial charge in [-0.1, -0.05) is 0 Å². The highest BCUT2D eigenvalue weighted by atomic mass is 16.7. The van der Waals surface area contributed by atoms with E-state index >= 15 is 0 Å². The first-order chi connectivity index (χ1) is 12.5. The Hall–Kier alpha value is -3.48. The molecule has 0 spiro atoms. The molecule has 7 heteroatoms. The van der Waals surface area contributed by atoms with E-state index in [1.165, 1.54) is 12.1 Å². The van der Waals surface area contributed by atoms with Gasteiger partial charge in [-0.3, -0.25) is 4.79 Å².